The van der Waals surface area contributed by atoms with E-state index >= 15 is 0 Å². The van der Waals surface area contributed by atoms with Crippen molar-refractivity contribution in [1.82, 2.24) is 0 Å². The van der Waals surface area contributed by atoms with E-state index in [4.69, 9.17) is 0 Å². The molecule has 0 amide bonds. The molecule has 1 rings (SSSR count). The Morgan fingerprint density at radius 3 is 2.20 bits per heavy atom. The van der Waals surface area contributed by atoms with Gasteiger partial charge in [-0.25, -0.2) is 0 Å². The molecule has 114 valence electrons. The fourth-order valence-corrected chi connectivity index (χ4v) is 2.31. The van der Waals surface area contributed by atoms with Gasteiger partial charge < -0.3 is 5.11 Å². The Morgan fingerprint density at radius 2 is 1.65 bits per heavy atom. The van der Waals surface area contributed by atoms with Crippen molar-refractivity contribution in [1.29, 1.82) is 0 Å². The van der Waals surface area contributed by atoms with Crippen molar-refractivity contribution < 1.29 is 5.11 Å². The minimum absolute atomic E-state index is 0.189. The largest absolute Gasteiger partial charge is 0.393 e. The van der Waals surface area contributed by atoms with E-state index < -0.39 is 0 Å². The highest BCUT2D eigenvalue weighted by atomic mass is 16.3. The van der Waals surface area contributed by atoms with Gasteiger partial charge >= 0.3 is 0 Å². The smallest absolute Gasteiger partial charge is 0.0594 e. The van der Waals surface area contributed by atoms with Gasteiger partial charge in [-0.1, -0.05) is 83.5 Å². The topological polar surface area (TPSA) is 20.2 Å². The predicted octanol–water partition coefficient (Wildman–Crippen LogP) is 5.55. The summed E-state index contributed by atoms with van der Waals surface area (Å²) < 4.78 is 0. The lowest BCUT2D eigenvalue weighted by Gasteiger charge is -2.23. The van der Waals surface area contributed by atoms with E-state index in [1.165, 1.54) is 5.56 Å². The van der Waals surface area contributed by atoms with E-state index in [9.17, 15) is 5.11 Å². The van der Waals surface area contributed by atoms with Gasteiger partial charge in [0.05, 0.1) is 6.10 Å². The van der Waals surface area contributed by atoms with Crippen molar-refractivity contribution in [2.75, 3.05) is 0 Å². The van der Waals surface area contributed by atoms with Crippen molar-refractivity contribution in [2.24, 2.45) is 11.8 Å². The quantitative estimate of drug-likeness (QED) is 0.692. The first-order chi connectivity index (χ1) is 9.65. The number of hydrogen-bond acceptors (Lipinski definition) is 1. The second-order valence-corrected chi connectivity index (χ2v) is 5.28. The maximum Gasteiger partial charge on any atom is 0.0594 e. The highest BCUT2D eigenvalue weighted by Gasteiger charge is 2.19. The number of aliphatic hydroxyl groups is 1. The first-order valence-corrected chi connectivity index (χ1v) is 8.04. The Kier molecular flexibility index (Phi) is 11.1. The van der Waals surface area contributed by atoms with Crippen LogP contribution in [0.3, 0.4) is 0 Å². The third kappa shape index (κ3) is 7.49. The van der Waals surface area contributed by atoms with E-state index in [0.717, 1.165) is 19.3 Å². The Morgan fingerprint density at radius 1 is 1.05 bits per heavy atom. The van der Waals surface area contributed by atoms with Gasteiger partial charge in [0.2, 0.25) is 0 Å². The third-order valence-corrected chi connectivity index (χ3v) is 3.53. The van der Waals surface area contributed by atoms with Gasteiger partial charge in [0.1, 0.15) is 0 Å². The molecule has 3 atom stereocenters. The Bertz CT molecular complexity index is 342. The third-order valence-electron chi connectivity index (χ3n) is 3.53. The van der Waals surface area contributed by atoms with Crippen LogP contribution in [-0.2, 0) is 0 Å². The summed E-state index contributed by atoms with van der Waals surface area (Å²) in [5, 5.41) is 10.2. The second kappa shape index (κ2) is 11.7. The zero-order valence-electron chi connectivity index (χ0n) is 13.8. The molecule has 1 N–H and O–H groups in total. The molecular formula is C19H32O. The molecule has 0 radical (unpaired) electrons. The lowest BCUT2D eigenvalue weighted by Crippen LogP contribution is -2.25. The lowest BCUT2D eigenvalue weighted by atomic mass is 9.88. The van der Waals surface area contributed by atoms with Crippen LogP contribution in [0.1, 0.15) is 59.4 Å². The predicted molar refractivity (Wildman–Crippen MR) is 90.7 cm³/mol. The summed E-state index contributed by atoms with van der Waals surface area (Å²) in [6.45, 7) is 10.4. The summed E-state index contributed by atoms with van der Waals surface area (Å²) in [4.78, 5) is 0. The summed E-state index contributed by atoms with van der Waals surface area (Å²) in [5.74, 6) is 0.724. The van der Waals surface area contributed by atoms with E-state index in [0.29, 0.717) is 11.8 Å². The fraction of sp³-hybridized carbons (Fsp3) is 0.579. The fourth-order valence-electron chi connectivity index (χ4n) is 2.31. The number of allylic oxidation sites excluding steroid dienone is 1. The van der Waals surface area contributed by atoms with Gasteiger partial charge in [0, 0.05) is 0 Å². The summed E-state index contributed by atoms with van der Waals surface area (Å²) in [6.07, 6.45) is 7.30. The second-order valence-electron chi connectivity index (χ2n) is 5.28. The number of aliphatic hydroxyl groups excluding tert-OH is 1. The maximum atomic E-state index is 10.2. The van der Waals surface area contributed by atoms with Crippen LogP contribution in [0.25, 0.3) is 6.08 Å². The van der Waals surface area contributed by atoms with E-state index in [-0.39, 0.29) is 6.10 Å². The van der Waals surface area contributed by atoms with Crippen LogP contribution in [0.4, 0.5) is 0 Å². The van der Waals surface area contributed by atoms with Crippen molar-refractivity contribution in [3.63, 3.8) is 0 Å². The van der Waals surface area contributed by atoms with Gasteiger partial charge in [-0.3, -0.25) is 0 Å². The first-order valence-electron chi connectivity index (χ1n) is 8.04. The van der Waals surface area contributed by atoms with E-state index in [1.807, 2.05) is 32.0 Å². The minimum Gasteiger partial charge on any atom is -0.393 e. The minimum atomic E-state index is -0.189. The van der Waals surface area contributed by atoms with Crippen molar-refractivity contribution in [3.05, 3.63) is 42.0 Å². The number of benzene rings is 1. The van der Waals surface area contributed by atoms with E-state index in [1.54, 1.807) is 0 Å². The SMILES string of the molecule is CC.CCCC(C)C(O)C(C)C/C=C/c1ccccc1. The average molecular weight is 276 g/mol. The van der Waals surface area contributed by atoms with Gasteiger partial charge in [-0.05, 0) is 30.2 Å². The molecule has 0 aromatic heterocycles. The number of rotatable bonds is 7. The number of hydrogen-bond donors (Lipinski definition) is 1. The summed E-state index contributed by atoms with van der Waals surface area (Å²) >= 11 is 0. The van der Waals surface area contributed by atoms with Gasteiger partial charge in [-0.15, -0.1) is 0 Å². The molecule has 1 heteroatoms. The highest BCUT2D eigenvalue weighted by Crippen LogP contribution is 2.20. The molecule has 0 aliphatic rings. The molecule has 0 aliphatic heterocycles. The van der Waals surface area contributed by atoms with Gasteiger partial charge in [0.25, 0.3) is 0 Å². The van der Waals surface area contributed by atoms with Crippen LogP contribution in [-0.4, -0.2) is 11.2 Å². The van der Waals surface area contributed by atoms with Gasteiger partial charge in [-0.2, -0.15) is 0 Å². The molecular weight excluding hydrogens is 244 g/mol. The Labute approximate surface area is 125 Å². The molecule has 0 spiro atoms. The Balaban J connectivity index is 0.00000172. The van der Waals surface area contributed by atoms with Crippen LogP contribution in [0, 0.1) is 11.8 Å². The van der Waals surface area contributed by atoms with Crippen LogP contribution >= 0.6 is 0 Å². The van der Waals surface area contributed by atoms with E-state index in [2.05, 4.69) is 45.1 Å². The van der Waals surface area contributed by atoms with Crippen molar-refractivity contribution >= 4 is 6.08 Å². The molecule has 0 saturated carbocycles. The zero-order chi connectivity index (χ0) is 15.4. The zero-order valence-corrected chi connectivity index (χ0v) is 13.8. The summed E-state index contributed by atoms with van der Waals surface area (Å²) in [7, 11) is 0. The van der Waals surface area contributed by atoms with Crippen molar-refractivity contribution in [3.8, 4) is 0 Å². The highest BCUT2D eigenvalue weighted by molar-refractivity contribution is 5.48. The lowest BCUT2D eigenvalue weighted by molar-refractivity contribution is 0.0620. The maximum absolute atomic E-state index is 10.2. The molecule has 1 aromatic rings. The molecule has 0 heterocycles. The molecule has 1 aromatic carbocycles. The summed E-state index contributed by atoms with van der Waals surface area (Å²) in [5.41, 5.74) is 1.22. The molecule has 0 bridgehead atoms. The van der Waals surface area contributed by atoms with Gasteiger partial charge in [0.15, 0.2) is 0 Å². The first kappa shape index (κ1) is 18.9. The normalized spacial score (nSPS) is 15.3. The monoisotopic (exact) mass is 276 g/mol. The molecule has 3 unspecified atom stereocenters. The molecule has 1 nitrogen and oxygen atoms in total. The molecule has 0 saturated heterocycles. The molecule has 0 fully saturated rings. The van der Waals surface area contributed by atoms with Crippen LogP contribution in [0.15, 0.2) is 36.4 Å². The average Bonchev–Trinajstić information content (AvgIpc) is 2.49. The van der Waals surface area contributed by atoms with Crippen LogP contribution in [0.5, 0.6) is 0 Å². The molecule has 0 aliphatic carbocycles. The van der Waals surface area contributed by atoms with Crippen LogP contribution < -0.4 is 0 Å². The standard InChI is InChI=1S/C17H26O.C2H6/c1-4-9-14(2)17(18)15(3)10-8-13-16-11-6-5-7-12-16;1-2/h5-8,11-15,17-18H,4,9-10H2,1-3H3;1-2H3/b13-8+;. The summed E-state index contributed by atoms with van der Waals surface area (Å²) in [6, 6.07) is 10.3. The molecule has 20 heavy (non-hydrogen) atoms. The Hall–Kier alpha value is -1.08. The van der Waals surface area contributed by atoms with Crippen LogP contribution in [0.2, 0.25) is 0 Å². The van der Waals surface area contributed by atoms with Crippen molar-refractivity contribution in [2.45, 2.75) is 60.0 Å².